The average molecular weight is 381 g/mol. The molecule has 0 amide bonds. The molecule has 5 nitrogen and oxygen atoms in total. The third kappa shape index (κ3) is 4.18. The number of rotatable bonds is 5. The molecule has 0 radical (unpaired) electrons. The van der Waals surface area contributed by atoms with E-state index in [1.54, 1.807) is 0 Å². The highest BCUT2D eigenvalue weighted by Crippen LogP contribution is 2.17. The maximum atomic E-state index is 5.81. The minimum atomic E-state index is 0.243. The van der Waals surface area contributed by atoms with Gasteiger partial charge in [0.1, 0.15) is 5.82 Å². The van der Waals surface area contributed by atoms with Gasteiger partial charge in [-0.2, -0.15) is 5.10 Å². The van der Waals surface area contributed by atoms with Crippen molar-refractivity contribution in [3.8, 4) is 5.69 Å². The highest BCUT2D eigenvalue weighted by atomic mass is 32.1. The van der Waals surface area contributed by atoms with Crippen LogP contribution in [0.15, 0.2) is 60.7 Å². The lowest BCUT2D eigenvalue weighted by Gasteiger charge is -2.30. The van der Waals surface area contributed by atoms with E-state index < -0.39 is 0 Å². The summed E-state index contributed by atoms with van der Waals surface area (Å²) in [7, 11) is 0. The normalized spacial score (nSPS) is 17.9. The molecule has 4 rings (SSSR count). The highest BCUT2D eigenvalue weighted by molar-refractivity contribution is 7.71. The van der Waals surface area contributed by atoms with Gasteiger partial charge >= 0.3 is 0 Å². The van der Waals surface area contributed by atoms with Crippen molar-refractivity contribution in [3.63, 3.8) is 0 Å². The quantitative estimate of drug-likeness (QED) is 0.633. The van der Waals surface area contributed by atoms with Gasteiger partial charge in [-0.1, -0.05) is 48.5 Å². The van der Waals surface area contributed by atoms with Crippen LogP contribution in [0.1, 0.15) is 18.3 Å². The standard InChI is InChI=1S/C21H24N4OS/c1-17-15-23(12-13-26-17)16-24-21(27)25(19-10-6-3-7-11-19)20(22-24)14-18-8-4-2-5-9-18/h2-11,17H,12-16H2,1H3/t17-/m1/s1. The zero-order valence-electron chi connectivity index (χ0n) is 15.5. The van der Waals surface area contributed by atoms with Crippen LogP contribution in [0, 0.1) is 4.77 Å². The second kappa shape index (κ2) is 8.17. The fourth-order valence-corrected chi connectivity index (χ4v) is 3.79. The Balaban J connectivity index is 1.69. The van der Waals surface area contributed by atoms with E-state index in [9.17, 15) is 0 Å². The molecule has 1 fully saturated rings. The van der Waals surface area contributed by atoms with Gasteiger partial charge in [-0.25, -0.2) is 4.68 Å². The van der Waals surface area contributed by atoms with Crippen molar-refractivity contribution in [2.45, 2.75) is 26.1 Å². The topological polar surface area (TPSA) is 35.2 Å². The molecule has 2 heterocycles. The Bertz CT molecular complexity index is 936. The van der Waals surface area contributed by atoms with Crippen LogP contribution in [-0.2, 0) is 17.8 Å². The first kappa shape index (κ1) is 18.1. The van der Waals surface area contributed by atoms with Crippen LogP contribution in [0.5, 0.6) is 0 Å². The molecule has 3 aromatic rings. The van der Waals surface area contributed by atoms with Crippen molar-refractivity contribution in [2.24, 2.45) is 0 Å². The molecular weight excluding hydrogens is 356 g/mol. The smallest absolute Gasteiger partial charge is 0.203 e. The van der Waals surface area contributed by atoms with E-state index in [-0.39, 0.29) is 6.10 Å². The van der Waals surface area contributed by atoms with E-state index in [0.717, 1.165) is 42.4 Å². The van der Waals surface area contributed by atoms with Crippen molar-refractivity contribution in [1.82, 2.24) is 19.2 Å². The SMILES string of the molecule is C[C@@H]1CN(Cn2nc(Cc3ccccc3)n(-c3ccccc3)c2=S)CCO1. The molecule has 0 N–H and O–H groups in total. The zero-order chi connectivity index (χ0) is 18.6. The maximum absolute atomic E-state index is 5.81. The highest BCUT2D eigenvalue weighted by Gasteiger charge is 2.19. The Kier molecular flexibility index (Phi) is 5.48. The lowest BCUT2D eigenvalue weighted by atomic mass is 10.1. The molecule has 1 saturated heterocycles. The molecule has 0 bridgehead atoms. The first-order chi connectivity index (χ1) is 13.2. The van der Waals surface area contributed by atoms with Crippen molar-refractivity contribution < 1.29 is 4.74 Å². The molecule has 0 aliphatic carbocycles. The van der Waals surface area contributed by atoms with E-state index in [0.29, 0.717) is 6.67 Å². The number of morpholine rings is 1. The summed E-state index contributed by atoms with van der Waals surface area (Å²) in [4.78, 5) is 2.35. The van der Waals surface area contributed by atoms with Gasteiger partial charge < -0.3 is 4.74 Å². The monoisotopic (exact) mass is 380 g/mol. The van der Waals surface area contributed by atoms with Gasteiger partial charge in [-0.15, -0.1) is 0 Å². The first-order valence-corrected chi connectivity index (χ1v) is 9.73. The van der Waals surface area contributed by atoms with Gasteiger partial charge in [-0.05, 0) is 36.8 Å². The van der Waals surface area contributed by atoms with Crippen LogP contribution in [0.4, 0.5) is 0 Å². The number of hydrogen-bond acceptors (Lipinski definition) is 4. The summed E-state index contributed by atoms with van der Waals surface area (Å²) in [6.45, 7) is 5.35. The van der Waals surface area contributed by atoms with Gasteiger partial charge in [0, 0.05) is 25.2 Å². The summed E-state index contributed by atoms with van der Waals surface area (Å²) in [6, 6.07) is 20.6. The maximum Gasteiger partial charge on any atom is 0.203 e. The van der Waals surface area contributed by atoms with Crippen LogP contribution in [0.3, 0.4) is 0 Å². The van der Waals surface area contributed by atoms with Gasteiger partial charge in [0.25, 0.3) is 0 Å². The number of benzene rings is 2. The van der Waals surface area contributed by atoms with E-state index >= 15 is 0 Å². The Hall–Kier alpha value is -2.28. The third-order valence-electron chi connectivity index (χ3n) is 4.78. The lowest BCUT2D eigenvalue weighted by Crippen LogP contribution is -2.42. The number of nitrogens with zero attached hydrogens (tertiary/aromatic N) is 4. The number of hydrogen-bond donors (Lipinski definition) is 0. The lowest BCUT2D eigenvalue weighted by molar-refractivity contribution is -0.0307. The molecule has 1 aliphatic rings. The molecule has 27 heavy (non-hydrogen) atoms. The molecule has 0 unspecified atom stereocenters. The molecule has 0 saturated carbocycles. The van der Waals surface area contributed by atoms with Crippen LogP contribution in [0.25, 0.3) is 5.69 Å². The van der Waals surface area contributed by atoms with E-state index in [1.165, 1.54) is 5.56 Å². The van der Waals surface area contributed by atoms with Crippen LogP contribution >= 0.6 is 12.2 Å². The molecular formula is C21H24N4OS. The van der Waals surface area contributed by atoms with Crippen molar-refractivity contribution in [1.29, 1.82) is 0 Å². The summed E-state index contributed by atoms with van der Waals surface area (Å²) in [5.74, 6) is 0.957. The Labute approximate surface area is 164 Å². The fourth-order valence-electron chi connectivity index (χ4n) is 3.48. The Morgan fingerprint density at radius 1 is 1.07 bits per heavy atom. The summed E-state index contributed by atoms with van der Waals surface area (Å²) < 4.78 is 10.4. The van der Waals surface area contributed by atoms with Gasteiger partial charge in [0.15, 0.2) is 0 Å². The minimum absolute atomic E-state index is 0.243. The molecule has 1 aromatic heterocycles. The minimum Gasteiger partial charge on any atom is -0.376 e. The van der Waals surface area contributed by atoms with Crippen molar-refractivity contribution >= 4 is 12.2 Å². The summed E-state index contributed by atoms with van der Waals surface area (Å²) in [6.07, 6.45) is 0.985. The number of aromatic nitrogens is 3. The largest absolute Gasteiger partial charge is 0.376 e. The van der Waals surface area contributed by atoms with E-state index in [1.807, 2.05) is 28.9 Å². The van der Waals surface area contributed by atoms with Crippen LogP contribution in [0.2, 0.25) is 0 Å². The predicted molar refractivity (Wildman–Crippen MR) is 109 cm³/mol. The number of ether oxygens (including phenoxy) is 1. The molecule has 0 spiro atoms. The average Bonchev–Trinajstić information content (AvgIpc) is 2.98. The Morgan fingerprint density at radius 3 is 2.48 bits per heavy atom. The number of para-hydroxylation sites is 1. The van der Waals surface area contributed by atoms with Crippen molar-refractivity contribution in [2.75, 3.05) is 19.7 Å². The molecule has 6 heteroatoms. The second-order valence-electron chi connectivity index (χ2n) is 6.93. The molecule has 1 aliphatic heterocycles. The predicted octanol–water partition coefficient (Wildman–Crippen LogP) is 3.67. The van der Waals surface area contributed by atoms with E-state index in [4.69, 9.17) is 22.1 Å². The second-order valence-corrected chi connectivity index (χ2v) is 7.30. The Morgan fingerprint density at radius 2 is 1.78 bits per heavy atom. The fraction of sp³-hybridized carbons (Fsp3) is 0.333. The molecule has 2 aromatic carbocycles. The third-order valence-corrected chi connectivity index (χ3v) is 5.18. The van der Waals surface area contributed by atoms with Gasteiger partial charge in [-0.3, -0.25) is 9.47 Å². The first-order valence-electron chi connectivity index (χ1n) is 9.33. The molecule has 1 atom stereocenters. The van der Waals surface area contributed by atoms with Gasteiger partial charge in [0.2, 0.25) is 4.77 Å². The van der Waals surface area contributed by atoms with E-state index in [2.05, 4.69) is 52.8 Å². The van der Waals surface area contributed by atoms with Crippen LogP contribution in [-0.4, -0.2) is 45.0 Å². The van der Waals surface area contributed by atoms with Crippen molar-refractivity contribution in [3.05, 3.63) is 76.8 Å². The zero-order valence-corrected chi connectivity index (χ0v) is 16.3. The van der Waals surface area contributed by atoms with Gasteiger partial charge in [0.05, 0.1) is 19.4 Å². The molecule has 140 valence electrons. The van der Waals surface area contributed by atoms with Crippen LogP contribution < -0.4 is 0 Å². The summed E-state index contributed by atoms with van der Waals surface area (Å²) in [5, 5.41) is 4.89. The summed E-state index contributed by atoms with van der Waals surface area (Å²) in [5.41, 5.74) is 2.27. The summed E-state index contributed by atoms with van der Waals surface area (Å²) >= 11 is 5.81.